The summed E-state index contributed by atoms with van der Waals surface area (Å²) in [6.45, 7) is 7.89. The Morgan fingerprint density at radius 3 is 2.83 bits per heavy atom. The van der Waals surface area contributed by atoms with Gasteiger partial charge in [0.1, 0.15) is 0 Å². The molecule has 0 saturated carbocycles. The number of piperidine rings is 1. The molecule has 1 aliphatic rings. The van der Waals surface area contributed by atoms with E-state index in [2.05, 4.69) is 42.8 Å². The minimum absolute atomic E-state index is 0.0664. The molecule has 18 heavy (non-hydrogen) atoms. The van der Waals surface area contributed by atoms with Crippen LogP contribution in [-0.2, 0) is 0 Å². The second-order valence-corrected chi connectivity index (χ2v) is 5.51. The van der Waals surface area contributed by atoms with Crippen LogP contribution in [0.15, 0.2) is 18.3 Å². The van der Waals surface area contributed by atoms with Crippen molar-refractivity contribution in [2.24, 2.45) is 11.7 Å². The van der Waals surface area contributed by atoms with Crippen molar-refractivity contribution in [1.82, 2.24) is 4.98 Å². The van der Waals surface area contributed by atoms with Gasteiger partial charge in [-0.1, -0.05) is 13.8 Å². The van der Waals surface area contributed by atoms with Crippen molar-refractivity contribution in [3.05, 3.63) is 24.0 Å². The Morgan fingerprint density at radius 2 is 2.22 bits per heavy atom. The number of anilines is 1. The molecule has 100 valence electrons. The minimum atomic E-state index is 0.0664. The summed E-state index contributed by atoms with van der Waals surface area (Å²) in [5.74, 6) is 0.760. The Kier molecular flexibility index (Phi) is 4.23. The van der Waals surface area contributed by atoms with E-state index in [0.29, 0.717) is 6.04 Å². The third kappa shape index (κ3) is 2.66. The van der Waals surface area contributed by atoms with Gasteiger partial charge in [0, 0.05) is 18.6 Å². The lowest BCUT2D eigenvalue weighted by atomic mass is 9.92. The molecule has 1 aromatic heterocycles. The molecule has 0 spiro atoms. The summed E-state index contributed by atoms with van der Waals surface area (Å²) in [6.07, 6.45) is 5.54. The van der Waals surface area contributed by atoms with Crippen molar-refractivity contribution >= 4 is 5.69 Å². The van der Waals surface area contributed by atoms with Gasteiger partial charge in [-0.25, -0.2) is 0 Å². The normalized spacial score (nSPS) is 26.1. The Hall–Kier alpha value is -1.09. The van der Waals surface area contributed by atoms with Gasteiger partial charge in [-0.15, -0.1) is 0 Å². The quantitative estimate of drug-likeness (QED) is 0.892. The standard InChI is InChI=1S/C15H25N3/c1-4-14(16)15-8-7-13(10-17-15)18-9-5-6-11(2)12(18)3/h7-8,10-12,14H,4-6,9,16H2,1-3H3/t11?,12?,14-/m0/s1. The lowest BCUT2D eigenvalue weighted by Crippen LogP contribution is -2.42. The number of hydrogen-bond donors (Lipinski definition) is 1. The van der Waals surface area contributed by atoms with Gasteiger partial charge < -0.3 is 10.6 Å². The molecule has 3 atom stereocenters. The fraction of sp³-hybridized carbons (Fsp3) is 0.667. The number of nitrogens with zero attached hydrogens (tertiary/aromatic N) is 2. The molecule has 2 N–H and O–H groups in total. The Labute approximate surface area is 110 Å². The fourth-order valence-corrected chi connectivity index (χ4v) is 2.70. The highest BCUT2D eigenvalue weighted by Crippen LogP contribution is 2.28. The zero-order valence-corrected chi connectivity index (χ0v) is 11.8. The molecule has 0 aliphatic carbocycles. The summed E-state index contributed by atoms with van der Waals surface area (Å²) in [5.41, 5.74) is 8.23. The first kappa shape index (κ1) is 13.3. The van der Waals surface area contributed by atoms with Gasteiger partial charge in [-0.2, -0.15) is 0 Å². The number of pyridine rings is 1. The van der Waals surface area contributed by atoms with Crippen molar-refractivity contribution in [2.45, 2.75) is 52.1 Å². The van der Waals surface area contributed by atoms with Crippen LogP contribution in [-0.4, -0.2) is 17.6 Å². The average molecular weight is 247 g/mol. The minimum Gasteiger partial charge on any atom is -0.367 e. The largest absolute Gasteiger partial charge is 0.367 e. The van der Waals surface area contributed by atoms with Gasteiger partial charge in [0.05, 0.1) is 17.6 Å². The molecular formula is C15H25N3. The van der Waals surface area contributed by atoms with Crippen molar-refractivity contribution in [3.8, 4) is 0 Å². The van der Waals surface area contributed by atoms with Gasteiger partial charge in [0.2, 0.25) is 0 Å². The molecule has 3 nitrogen and oxygen atoms in total. The summed E-state index contributed by atoms with van der Waals surface area (Å²) >= 11 is 0. The lowest BCUT2D eigenvalue weighted by Gasteiger charge is -2.39. The molecule has 2 rings (SSSR count). The topological polar surface area (TPSA) is 42.1 Å². The monoisotopic (exact) mass is 247 g/mol. The SMILES string of the molecule is CC[C@H](N)c1ccc(N2CCCC(C)C2C)cn1. The predicted octanol–water partition coefficient (Wildman–Crippen LogP) is 3.12. The number of aromatic nitrogens is 1. The molecule has 3 heteroatoms. The van der Waals surface area contributed by atoms with E-state index in [1.165, 1.54) is 18.5 Å². The van der Waals surface area contributed by atoms with E-state index in [-0.39, 0.29) is 6.04 Å². The third-order valence-electron chi connectivity index (χ3n) is 4.30. The zero-order chi connectivity index (χ0) is 13.1. The molecule has 0 aromatic carbocycles. The van der Waals surface area contributed by atoms with Crippen molar-refractivity contribution in [1.29, 1.82) is 0 Å². The summed E-state index contributed by atoms with van der Waals surface area (Å²) in [7, 11) is 0. The zero-order valence-electron chi connectivity index (χ0n) is 11.8. The van der Waals surface area contributed by atoms with E-state index in [4.69, 9.17) is 5.73 Å². The van der Waals surface area contributed by atoms with Crippen LogP contribution >= 0.6 is 0 Å². The second kappa shape index (κ2) is 5.70. The maximum Gasteiger partial charge on any atom is 0.0572 e. The number of hydrogen-bond acceptors (Lipinski definition) is 3. The molecule has 1 aliphatic heterocycles. The van der Waals surface area contributed by atoms with E-state index >= 15 is 0 Å². The summed E-state index contributed by atoms with van der Waals surface area (Å²) in [5, 5.41) is 0. The molecule has 2 unspecified atom stereocenters. The van der Waals surface area contributed by atoms with E-state index in [1.807, 2.05) is 6.20 Å². The summed E-state index contributed by atoms with van der Waals surface area (Å²) in [6, 6.07) is 4.92. The maximum atomic E-state index is 6.00. The lowest BCUT2D eigenvalue weighted by molar-refractivity contribution is 0.363. The van der Waals surface area contributed by atoms with Gasteiger partial charge in [-0.3, -0.25) is 4.98 Å². The van der Waals surface area contributed by atoms with E-state index in [0.717, 1.165) is 24.6 Å². The summed E-state index contributed by atoms with van der Waals surface area (Å²) < 4.78 is 0. The van der Waals surface area contributed by atoms with Gasteiger partial charge in [-0.05, 0) is 44.2 Å². The van der Waals surface area contributed by atoms with Gasteiger partial charge in [0.25, 0.3) is 0 Å². The first-order valence-electron chi connectivity index (χ1n) is 7.11. The first-order valence-corrected chi connectivity index (χ1v) is 7.11. The van der Waals surface area contributed by atoms with Crippen LogP contribution in [0.3, 0.4) is 0 Å². The van der Waals surface area contributed by atoms with Gasteiger partial charge >= 0.3 is 0 Å². The van der Waals surface area contributed by atoms with Crippen LogP contribution < -0.4 is 10.6 Å². The average Bonchev–Trinajstić information content (AvgIpc) is 2.41. The van der Waals surface area contributed by atoms with E-state index < -0.39 is 0 Å². The second-order valence-electron chi connectivity index (χ2n) is 5.51. The van der Waals surface area contributed by atoms with Crippen LogP contribution in [0.4, 0.5) is 5.69 Å². The molecule has 2 heterocycles. The van der Waals surface area contributed by atoms with Crippen LogP contribution in [0.2, 0.25) is 0 Å². The van der Waals surface area contributed by atoms with Crippen LogP contribution in [0.1, 0.15) is 51.8 Å². The fourth-order valence-electron chi connectivity index (χ4n) is 2.70. The Balaban J connectivity index is 2.13. The molecular weight excluding hydrogens is 222 g/mol. The molecule has 1 saturated heterocycles. The molecule has 1 aromatic rings. The highest BCUT2D eigenvalue weighted by atomic mass is 15.2. The van der Waals surface area contributed by atoms with Crippen LogP contribution in [0, 0.1) is 5.92 Å². The van der Waals surface area contributed by atoms with Crippen molar-refractivity contribution < 1.29 is 0 Å². The first-order chi connectivity index (χ1) is 8.63. The molecule has 0 amide bonds. The maximum absolute atomic E-state index is 6.00. The van der Waals surface area contributed by atoms with Gasteiger partial charge in [0.15, 0.2) is 0 Å². The molecule has 0 radical (unpaired) electrons. The van der Waals surface area contributed by atoms with Crippen LogP contribution in [0.5, 0.6) is 0 Å². The third-order valence-corrected chi connectivity index (χ3v) is 4.30. The highest BCUT2D eigenvalue weighted by molar-refractivity contribution is 5.46. The van der Waals surface area contributed by atoms with E-state index in [9.17, 15) is 0 Å². The molecule has 1 fully saturated rings. The van der Waals surface area contributed by atoms with Crippen molar-refractivity contribution in [3.63, 3.8) is 0 Å². The number of rotatable bonds is 3. The summed E-state index contributed by atoms with van der Waals surface area (Å²) in [4.78, 5) is 6.99. The molecule has 0 bridgehead atoms. The predicted molar refractivity (Wildman–Crippen MR) is 76.7 cm³/mol. The van der Waals surface area contributed by atoms with E-state index in [1.54, 1.807) is 0 Å². The number of nitrogens with two attached hydrogens (primary N) is 1. The smallest absolute Gasteiger partial charge is 0.0572 e. The Bertz CT molecular complexity index is 374. The van der Waals surface area contributed by atoms with Crippen LogP contribution in [0.25, 0.3) is 0 Å². The highest BCUT2D eigenvalue weighted by Gasteiger charge is 2.24. The Morgan fingerprint density at radius 1 is 1.44 bits per heavy atom. The van der Waals surface area contributed by atoms with Crippen molar-refractivity contribution in [2.75, 3.05) is 11.4 Å².